The van der Waals surface area contributed by atoms with E-state index in [0.29, 0.717) is 6.54 Å². The number of halogens is 2. The van der Waals surface area contributed by atoms with Gasteiger partial charge in [0.1, 0.15) is 11.6 Å². The molecule has 4 rings (SSSR count). The highest BCUT2D eigenvalue weighted by Gasteiger charge is 2.16. The molecular weight excluding hydrogens is 410 g/mol. The molecule has 5 nitrogen and oxygen atoms in total. The highest BCUT2D eigenvalue weighted by atomic mass is 19.1. The van der Waals surface area contributed by atoms with Crippen LogP contribution in [0.1, 0.15) is 5.56 Å². The average molecular weight is 432 g/mol. The molecule has 0 saturated carbocycles. The van der Waals surface area contributed by atoms with Gasteiger partial charge in [-0.3, -0.25) is 9.69 Å². The SMILES string of the molecule is CN(CC(=O)Nc1cc(F)ccc1F)Cc1cn(-c2ccccc2)nc1-c1ccccc1. The van der Waals surface area contributed by atoms with E-state index >= 15 is 0 Å². The second-order valence-corrected chi connectivity index (χ2v) is 7.49. The summed E-state index contributed by atoms with van der Waals surface area (Å²) in [4.78, 5) is 14.2. The predicted octanol–water partition coefficient (Wildman–Crippen LogP) is 4.89. The molecule has 0 aliphatic heterocycles. The second kappa shape index (κ2) is 9.53. The zero-order valence-electron chi connectivity index (χ0n) is 17.5. The van der Waals surface area contributed by atoms with Crippen molar-refractivity contribution in [2.75, 3.05) is 18.9 Å². The lowest BCUT2D eigenvalue weighted by atomic mass is 10.1. The van der Waals surface area contributed by atoms with Crippen LogP contribution < -0.4 is 5.32 Å². The van der Waals surface area contributed by atoms with E-state index in [2.05, 4.69) is 5.32 Å². The van der Waals surface area contributed by atoms with Gasteiger partial charge in [0.25, 0.3) is 0 Å². The van der Waals surface area contributed by atoms with Gasteiger partial charge >= 0.3 is 0 Å². The molecule has 0 aliphatic rings. The predicted molar refractivity (Wildman–Crippen MR) is 120 cm³/mol. The summed E-state index contributed by atoms with van der Waals surface area (Å²) in [6, 6.07) is 22.5. The van der Waals surface area contributed by atoms with E-state index in [1.165, 1.54) is 0 Å². The number of carbonyl (C=O) groups is 1. The van der Waals surface area contributed by atoms with Crippen LogP contribution in [0.15, 0.2) is 85.1 Å². The molecule has 0 saturated heterocycles. The van der Waals surface area contributed by atoms with Crippen LogP contribution in [0.5, 0.6) is 0 Å². The normalized spacial score (nSPS) is 11.0. The standard InChI is InChI=1S/C25H22F2N4O/c1-30(17-24(32)28-23-14-20(26)12-13-22(23)27)15-19-16-31(21-10-6-3-7-11-21)29-25(19)18-8-4-2-5-9-18/h2-14,16H,15,17H2,1H3,(H,28,32). The maximum absolute atomic E-state index is 13.8. The van der Waals surface area contributed by atoms with Gasteiger partial charge in [-0.2, -0.15) is 5.10 Å². The summed E-state index contributed by atoms with van der Waals surface area (Å²) in [6.07, 6.45) is 1.94. The lowest BCUT2D eigenvalue weighted by Gasteiger charge is -2.16. The topological polar surface area (TPSA) is 50.2 Å². The molecule has 1 heterocycles. The summed E-state index contributed by atoms with van der Waals surface area (Å²) >= 11 is 0. The van der Waals surface area contributed by atoms with Gasteiger partial charge in [-0.15, -0.1) is 0 Å². The van der Waals surface area contributed by atoms with E-state index in [1.807, 2.05) is 71.5 Å². The molecule has 0 radical (unpaired) electrons. The van der Waals surface area contributed by atoms with Crippen molar-refractivity contribution < 1.29 is 13.6 Å². The first kappa shape index (κ1) is 21.4. The third-order valence-electron chi connectivity index (χ3n) is 4.91. The number of nitrogens with zero attached hydrogens (tertiary/aromatic N) is 3. The quantitative estimate of drug-likeness (QED) is 0.453. The van der Waals surface area contributed by atoms with Gasteiger partial charge in [0, 0.05) is 29.9 Å². The van der Waals surface area contributed by atoms with Crippen molar-refractivity contribution >= 4 is 11.6 Å². The number of benzene rings is 3. The Labute approximate surface area is 184 Å². The molecule has 0 fully saturated rings. The summed E-state index contributed by atoms with van der Waals surface area (Å²) in [6.45, 7) is 0.441. The van der Waals surface area contributed by atoms with Crippen molar-refractivity contribution in [2.24, 2.45) is 0 Å². The number of anilines is 1. The fourth-order valence-corrected chi connectivity index (χ4v) is 3.45. The fraction of sp³-hybridized carbons (Fsp3) is 0.120. The summed E-state index contributed by atoms with van der Waals surface area (Å²) in [7, 11) is 1.79. The molecule has 162 valence electrons. The zero-order chi connectivity index (χ0) is 22.5. The summed E-state index contributed by atoms with van der Waals surface area (Å²) in [5, 5.41) is 7.20. The minimum atomic E-state index is -0.682. The summed E-state index contributed by atoms with van der Waals surface area (Å²) < 4.78 is 29.0. The molecule has 1 aromatic heterocycles. The van der Waals surface area contributed by atoms with Crippen LogP contribution in [0.4, 0.5) is 14.5 Å². The van der Waals surface area contributed by atoms with Crippen molar-refractivity contribution in [2.45, 2.75) is 6.54 Å². The molecule has 7 heteroatoms. The number of hydrogen-bond donors (Lipinski definition) is 1. The van der Waals surface area contributed by atoms with E-state index in [-0.39, 0.29) is 12.2 Å². The van der Waals surface area contributed by atoms with E-state index < -0.39 is 17.5 Å². The van der Waals surface area contributed by atoms with E-state index in [1.54, 1.807) is 11.9 Å². The maximum Gasteiger partial charge on any atom is 0.238 e. The van der Waals surface area contributed by atoms with Crippen molar-refractivity contribution in [3.8, 4) is 16.9 Å². The zero-order valence-corrected chi connectivity index (χ0v) is 17.5. The number of amides is 1. The lowest BCUT2D eigenvalue weighted by Crippen LogP contribution is -2.30. The molecule has 0 spiro atoms. The molecule has 0 atom stereocenters. The minimum Gasteiger partial charge on any atom is -0.322 e. The van der Waals surface area contributed by atoms with Crippen LogP contribution in [-0.2, 0) is 11.3 Å². The smallest absolute Gasteiger partial charge is 0.238 e. The van der Waals surface area contributed by atoms with Crippen LogP contribution >= 0.6 is 0 Å². The first-order valence-corrected chi connectivity index (χ1v) is 10.1. The Kier molecular flexibility index (Phi) is 6.37. The Bertz CT molecular complexity index is 1210. The minimum absolute atomic E-state index is 0.000694. The average Bonchev–Trinajstić information content (AvgIpc) is 3.21. The molecule has 1 N–H and O–H groups in total. The number of carbonyl (C=O) groups excluding carboxylic acids is 1. The largest absolute Gasteiger partial charge is 0.322 e. The van der Waals surface area contributed by atoms with Crippen LogP contribution in [-0.4, -0.2) is 34.2 Å². The molecule has 0 unspecified atom stereocenters. The summed E-state index contributed by atoms with van der Waals surface area (Å²) in [5.74, 6) is -1.73. The number of nitrogens with one attached hydrogen (secondary N) is 1. The first-order valence-electron chi connectivity index (χ1n) is 10.1. The number of para-hydroxylation sites is 1. The van der Waals surface area contributed by atoms with Gasteiger partial charge in [-0.1, -0.05) is 48.5 Å². The van der Waals surface area contributed by atoms with Gasteiger partial charge < -0.3 is 5.32 Å². The van der Waals surface area contributed by atoms with Crippen molar-refractivity contribution in [1.29, 1.82) is 0 Å². The second-order valence-electron chi connectivity index (χ2n) is 7.49. The fourth-order valence-electron chi connectivity index (χ4n) is 3.45. The van der Waals surface area contributed by atoms with E-state index in [9.17, 15) is 13.6 Å². The Morgan fingerprint density at radius 2 is 1.69 bits per heavy atom. The maximum atomic E-state index is 13.8. The van der Waals surface area contributed by atoms with Gasteiger partial charge in [-0.05, 0) is 31.3 Å². The Morgan fingerprint density at radius 1 is 1.00 bits per heavy atom. The van der Waals surface area contributed by atoms with Gasteiger partial charge in [0.05, 0.1) is 23.6 Å². The molecule has 1 amide bonds. The Morgan fingerprint density at radius 3 is 2.41 bits per heavy atom. The van der Waals surface area contributed by atoms with Crippen LogP contribution in [0.2, 0.25) is 0 Å². The Hall–Kier alpha value is -3.84. The monoisotopic (exact) mass is 432 g/mol. The van der Waals surface area contributed by atoms with Crippen LogP contribution in [0.25, 0.3) is 16.9 Å². The molecule has 0 bridgehead atoms. The molecule has 32 heavy (non-hydrogen) atoms. The molecule has 4 aromatic rings. The number of aromatic nitrogens is 2. The highest BCUT2D eigenvalue weighted by molar-refractivity contribution is 5.92. The third kappa shape index (κ3) is 5.07. The van der Waals surface area contributed by atoms with Gasteiger partial charge in [0.2, 0.25) is 5.91 Å². The van der Waals surface area contributed by atoms with Crippen LogP contribution in [0, 0.1) is 11.6 Å². The number of likely N-dealkylation sites (N-methyl/N-ethyl adjacent to an activating group) is 1. The van der Waals surface area contributed by atoms with Gasteiger partial charge in [0.15, 0.2) is 0 Å². The van der Waals surface area contributed by atoms with Crippen LogP contribution in [0.3, 0.4) is 0 Å². The van der Waals surface area contributed by atoms with E-state index in [0.717, 1.165) is 40.7 Å². The number of rotatable bonds is 7. The third-order valence-corrected chi connectivity index (χ3v) is 4.91. The van der Waals surface area contributed by atoms with Gasteiger partial charge in [-0.25, -0.2) is 13.5 Å². The summed E-state index contributed by atoms with van der Waals surface area (Å²) in [5.41, 5.74) is 3.48. The molecule has 0 aliphatic carbocycles. The Balaban J connectivity index is 1.53. The first-order chi connectivity index (χ1) is 15.5. The molecule has 3 aromatic carbocycles. The number of hydrogen-bond acceptors (Lipinski definition) is 3. The lowest BCUT2D eigenvalue weighted by molar-refractivity contribution is -0.117. The van der Waals surface area contributed by atoms with Crippen molar-refractivity contribution in [3.63, 3.8) is 0 Å². The van der Waals surface area contributed by atoms with Crippen molar-refractivity contribution in [1.82, 2.24) is 14.7 Å². The van der Waals surface area contributed by atoms with Crippen molar-refractivity contribution in [3.05, 3.63) is 102 Å². The molecular formula is C25H22F2N4O. The highest BCUT2D eigenvalue weighted by Crippen LogP contribution is 2.24. The van der Waals surface area contributed by atoms with E-state index in [4.69, 9.17) is 5.10 Å².